The van der Waals surface area contributed by atoms with Gasteiger partial charge >= 0.3 is 0 Å². The molecule has 0 spiro atoms. The third-order valence-corrected chi connectivity index (χ3v) is 1.68. The van der Waals surface area contributed by atoms with Crippen LogP contribution in [0.3, 0.4) is 0 Å². The normalized spacial score (nSPS) is 13.8. The fourth-order valence-electron chi connectivity index (χ4n) is 0.367. The van der Waals surface area contributed by atoms with Crippen molar-refractivity contribution in [3.8, 4) is 0 Å². The Morgan fingerprint density at radius 2 is 2.00 bits per heavy atom. The van der Waals surface area contributed by atoms with Crippen LogP contribution in [-0.4, -0.2) is 22.0 Å². The molecule has 0 aromatic heterocycles. The van der Waals surface area contributed by atoms with E-state index < -0.39 is 10.8 Å². The van der Waals surface area contributed by atoms with Crippen molar-refractivity contribution in [2.75, 3.05) is 12.0 Å². The number of carbonyl (C=O) groups excluding carboxylic acids is 1. The van der Waals surface area contributed by atoms with Crippen LogP contribution in [0.15, 0.2) is 0 Å². The van der Waals surface area contributed by atoms with Crippen molar-refractivity contribution >= 4 is 16.6 Å². The Balaban J connectivity index is 3.64. The standard InChI is InChI=1S/C6H12O2S/c1-5(2)6(7)4-9(3)8/h5H,4H2,1-3H3. The quantitative estimate of drug-likeness (QED) is 0.587. The van der Waals surface area contributed by atoms with Gasteiger partial charge in [-0.15, -0.1) is 0 Å². The van der Waals surface area contributed by atoms with E-state index in [1.54, 1.807) is 6.26 Å². The average molecular weight is 148 g/mol. The molecule has 9 heavy (non-hydrogen) atoms. The Kier molecular flexibility index (Phi) is 3.70. The van der Waals surface area contributed by atoms with Crippen molar-refractivity contribution in [2.45, 2.75) is 13.8 Å². The van der Waals surface area contributed by atoms with E-state index >= 15 is 0 Å². The SMILES string of the molecule is CC(C)C(=O)CS(C)=O. The summed E-state index contributed by atoms with van der Waals surface area (Å²) in [5, 5.41) is 0. The Hall–Kier alpha value is -0.180. The summed E-state index contributed by atoms with van der Waals surface area (Å²) < 4.78 is 10.4. The van der Waals surface area contributed by atoms with Crippen LogP contribution in [-0.2, 0) is 15.6 Å². The molecule has 1 unspecified atom stereocenters. The van der Waals surface area contributed by atoms with Crippen LogP contribution in [0.1, 0.15) is 13.8 Å². The second-order valence-corrected chi connectivity index (χ2v) is 3.77. The Morgan fingerprint density at radius 3 is 2.11 bits per heavy atom. The van der Waals surface area contributed by atoms with Crippen molar-refractivity contribution in [1.29, 1.82) is 0 Å². The highest BCUT2D eigenvalue weighted by Gasteiger charge is 2.07. The molecule has 3 heteroatoms. The molecular weight excluding hydrogens is 136 g/mol. The summed E-state index contributed by atoms with van der Waals surface area (Å²) in [7, 11) is -0.966. The first-order chi connectivity index (χ1) is 4.04. The molecule has 0 aliphatic rings. The molecule has 1 atom stereocenters. The second kappa shape index (κ2) is 3.77. The van der Waals surface area contributed by atoms with Crippen LogP contribution in [0.5, 0.6) is 0 Å². The second-order valence-electron chi connectivity index (χ2n) is 2.34. The lowest BCUT2D eigenvalue weighted by molar-refractivity contribution is -0.119. The van der Waals surface area contributed by atoms with E-state index in [-0.39, 0.29) is 17.5 Å². The van der Waals surface area contributed by atoms with E-state index in [2.05, 4.69) is 0 Å². The number of Topliss-reactive ketones (excluding diaryl/α,β-unsaturated/α-hetero) is 1. The average Bonchev–Trinajstić information content (AvgIpc) is 1.63. The van der Waals surface area contributed by atoms with Crippen LogP contribution in [0.25, 0.3) is 0 Å². The zero-order valence-corrected chi connectivity index (χ0v) is 6.83. The van der Waals surface area contributed by atoms with Gasteiger partial charge in [0.15, 0.2) is 0 Å². The summed E-state index contributed by atoms with van der Waals surface area (Å²) in [4.78, 5) is 10.8. The van der Waals surface area contributed by atoms with Crippen molar-refractivity contribution in [2.24, 2.45) is 5.92 Å². The lowest BCUT2D eigenvalue weighted by atomic mass is 10.1. The summed E-state index contributed by atoms with van der Waals surface area (Å²) in [6, 6.07) is 0. The summed E-state index contributed by atoms with van der Waals surface area (Å²) in [5.41, 5.74) is 0. The zero-order chi connectivity index (χ0) is 7.44. The Morgan fingerprint density at radius 1 is 1.56 bits per heavy atom. The topological polar surface area (TPSA) is 34.1 Å². The van der Waals surface area contributed by atoms with Crippen molar-refractivity contribution in [1.82, 2.24) is 0 Å². The van der Waals surface area contributed by atoms with Crippen LogP contribution < -0.4 is 0 Å². The minimum absolute atomic E-state index is 0.0221. The number of carbonyl (C=O) groups is 1. The van der Waals surface area contributed by atoms with Gasteiger partial charge in [-0.2, -0.15) is 0 Å². The number of ketones is 1. The highest BCUT2D eigenvalue weighted by molar-refractivity contribution is 7.85. The first kappa shape index (κ1) is 8.82. The van der Waals surface area contributed by atoms with E-state index in [0.29, 0.717) is 0 Å². The lowest BCUT2D eigenvalue weighted by Crippen LogP contribution is -2.14. The molecule has 0 saturated heterocycles. The summed E-state index contributed by atoms with van der Waals surface area (Å²) >= 11 is 0. The molecule has 0 radical (unpaired) electrons. The maximum Gasteiger partial charge on any atom is 0.147 e. The first-order valence-electron chi connectivity index (χ1n) is 2.86. The van der Waals surface area contributed by atoms with E-state index in [1.165, 1.54) is 0 Å². The molecule has 0 heterocycles. The lowest BCUT2D eigenvalue weighted by Gasteiger charge is -1.99. The zero-order valence-electron chi connectivity index (χ0n) is 6.01. The molecule has 0 amide bonds. The van der Waals surface area contributed by atoms with Crippen LogP contribution in [0.4, 0.5) is 0 Å². The molecule has 0 aliphatic heterocycles. The van der Waals surface area contributed by atoms with Gasteiger partial charge in [0.25, 0.3) is 0 Å². The molecule has 54 valence electrons. The van der Waals surface area contributed by atoms with Crippen molar-refractivity contribution < 1.29 is 9.00 Å². The third kappa shape index (κ3) is 4.33. The van der Waals surface area contributed by atoms with Crippen molar-refractivity contribution in [3.05, 3.63) is 0 Å². The molecule has 0 bridgehead atoms. The molecule has 0 N–H and O–H groups in total. The number of hydrogen-bond acceptors (Lipinski definition) is 2. The van der Waals surface area contributed by atoms with Gasteiger partial charge in [0.1, 0.15) is 5.78 Å². The molecule has 0 saturated carbocycles. The molecule has 0 aromatic rings. The Bertz CT molecular complexity index is 129. The number of hydrogen-bond donors (Lipinski definition) is 0. The van der Waals surface area contributed by atoms with Crippen molar-refractivity contribution in [3.63, 3.8) is 0 Å². The van der Waals surface area contributed by atoms with Gasteiger partial charge in [-0.25, -0.2) is 0 Å². The maximum atomic E-state index is 10.8. The molecule has 0 aliphatic carbocycles. The smallest absolute Gasteiger partial charge is 0.147 e. The Labute approximate surface area is 58.1 Å². The van der Waals surface area contributed by atoms with Gasteiger partial charge in [0.2, 0.25) is 0 Å². The first-order valence-corrected chi connectivity index (χ1v) is 4.59. The van der Waals surface area contributed by atoms with Gasteiger partial charge in [-0.1, -0.05) is 13.8 Å². The van der Waals surface area contributed by atoms with Gasteiger partial charge in [0.05, 0.1) is 5.75 Å². The molecule has 0 aromatic carbocycles. The van der Waals surface area contributed by atoms with Crippen LogP contribution in [0, 0.1) is 5.92 Å². The fraction of sp³-hybridized carbons (Fsp3) is 0.833. The summed E-state index contributed by atoms with van der Waals surface area (Å²) in [6.07, 6.45) is 1.54. The molecule has 0 rings (SSSR count). The fourth-order valence-corrected chi connectivity index (χ4v) is 1.10. The maximum absolute atomic E-state index is 10.8. The molecule has 0 fully saturated rings. The van der Waals surface area contributed by atoms with Gasteiger partial charge in [-0.3, -0.25) is 9.00 Å². The highest BCUT2D eigenvalue weighted by atomic mass is 32.2. The monoisotopic (exact) mass is 148 g/mol. The predicted molar refractivity (Wildman–Crippen MR) is 38.8 cm³/mol. The van der Waals surface area contributed by atoms with E-state index in [0.717, 1.165) is 0 Å². The molecular formula is C6H12O2S. The minimum Gasteiger partial charge on any atom is -0.298 e. The van der Waals surface area contributed by atoms with Gasteiger partial charge < -0.3 is 0 Å². The summed E-state index contributed by atoms with van der Waals surface area (Å²) in [5.74, 6) is 0.308. The van der Waals surface area contributed by atoms with Gasteiger partial charge in [0, 0.05) is 23.0 Å². The molecule has 2 nitrogen and oxygen atoms in total. The summed E-state index contributed by atoms with van der Waals surface area (Å²) in [6.45, 7) is 3.63. The van der Waals surface area contributed by atoms with Crippen LogP contribution >= 0.6 is 0 Å². The van der Waals surface area contributed by atoms with Gasteiger partial charge in [-0.05, 0) is 0 Å². The third-order valence-electron chi connectivity index (χ3n) is 0.989. The highest BCUT2D eigenvalue weighted by Crippen LogP contribution is 1.94. The predicted octanol–water partition coefficient (Wildman–Crippen LogP) is 0.590. The van der Waals surface area contributed by atoms with E-state index in [4.69, 9.17) is 0 Å². The van der Waals surface area contributed by atoms with E-state index in [9.17, 15) is 9.00 Å². The minimum atomic E-state index is -0.966. The number of rotatable bonds is 3. The van der Waals surface area contributed by atoms with E-state index in [1.807, 2.05) is 13.8 Å². The van der Waals surface area contributed by atoms with Crippen LogP contribution in [0.2, 0.25) is 0 Å². The largest absolute Gasteiger partial charge is 0.298 e.